The first-order chi connectivity index (χ1) is 9.50. The van der Waals surface area contributed by atoms with Gasteiger partial charge in [0.1, 0.15) is 5.82 Å². The van der Waals surface area contributed by atoms with Gasteiger partial charge >= 0.3 is 0 Å². The van der Waals surface area contributed by atoms with Crippen LogP contribution in [0.25, 0.3) is 0 Å². The summed E-state index contributed by atoms with van der Waals surface area (Å²) in [7, 11) is 0. The second kappa shape index (κ2) is 8.54. The van der Waals surface area contributed by atoms with Gasteiger partial charge in [-0.1, -0.05) is 37.0 Å². The van der Waals surface area contributed by atoms with E-state index in [-0.39, 0.29) is 29.3 Å². The van der Waals surface area contributed by atoms with E-state index in [1.165, 1.54) is 6.07 Å². The number of hydrogen-bond donors (Lipinski definition) is 1. The molecule has 0 aliphatic carbocycles. The van der Waals surface area contributed by atoms with Crippen LogP contribution in [0.2, 0.25) is 10.0 Å². The van der Waals surface area contributed by atoms with Crippen LogP contribution < -0.4 is 5.32 Å². The summed E-state index contributed by atoms with van der Waals surface area (Å²) < 4.78 is 14.5. The Morgan fingerprint density at radius 1 is 1.19 bits per heavy atom. The van der Waals surface area contributed by atoms with Gasteiger partial charge in [0.25, 0.3) is 0 Å². The fourth-order valence-corrected chi connectivity index (χ4v) is 3.17. The molecule has 0 aromatic heterocycles. The lowest BCUT2D eigenvalue weighted by Crippen LogP contribution is -2.45. The zero-order valence-electron chi connectivity index (χ0n) is 12.3. The van der Waals surface area contributed by atoms with E-state index in [4.69, 9.17) is 23.2 Å². The highest BCUT2D eigenvalue weighted by Crippen LogP contribution is 2.37. The predicted octanol–water partition coefficient (Wildman–Crippen LogP) is 4.55. The van der Waals surface area contributed by atoms with Crippen molar-refractivity contribution in [1.82, 2.24) is 10.2 Å². The largest absolute Gasteiger partial charge is 0.314 e. The molecular formula is C15H22Cl3FN2. The molecular weight excluding hydrogens is 334 g/mol. The minimum atomic E-state index is -0.372. The molecule has 1 heterocycles. The molecule has 0 saturated carbocycles. The fraction of sp³-hybridized carbons (Fsp3) is 0.600. The van der Waals surface area contributed by atoms with E-state index in [2.05, 4.69) is 24.1 Å². The van der Waals surface area contributed by atoms with Crippen molar-refractivity contribution >= 4 is 35.6 Å². The van der Waals surface area contributed by atoms with Gasteiger partial charge in [0.2, 0.25) is 0 Å². The number of hydrogen-bond acceptors (Lipinski definition) is 2. The average molecular weight is 356 g/mol. The summed E-state index contributed by atoms with van der Waals surface area (Å²) >= 11 is 12.2. The van der Waals surface area contributed by atoms with Gasteiger partial charge < -0.3 is 5.32 Å². The average Bonchev–Trinajstić information content (AvgIpc) is 2.43. The van der Waals surface area contributed by atoms with Crippen molar-refractivity contribution < 1.29 is 4.39 Å². The highest BCUT2D eigenvalue weighted by Gasteiger charge is 2.28. The van der Waals surface area contributed by atoms with Crippen LogP contribution >= 0.6 is 35.6 Å². The van der Waals surface area contributed by atoms with Crippen LogP contribution in [-0.4, -0.2) is 31.1 Å². The van der Waals surface area contributed by atoms with Crippen LogP contribution in [-0.2, 0) is 0 Å². The Labute approximate surface area is 142 Å². The summed E-state index contributed by atoms with van der Waals surface area (Å²) in [5, 5.41) is 3.94. The third-order valence-electron chi connectivity index (χ3n) is 3.70. The van der Waals surface area contributed by atoms with Crippen molar-refractivity contribution in [2.75, 3.05) is 26.2 Å². The van der Waals surface area contributed by atoms with Gasteiger partial charge in [-0.05, 0) is 24.5 Å². The molecule has 1 aliphatic heterocycles. The summed E-state index contributed by atoms with van der Waals surface area (Å²) in [5.41, 5.74) is 0.551. The molecule has 0 radical (unpaired) electrons. The minimum Gasteiger partial charge on any atom is -0.314 e. The van der Waals surface area contributed by atoms with Crippen molar-refractivity contribution in [2.24, 2.45) is 5.92 Å². The van der Waals surface area contributed by atoms with Crippen molar-refractivity contribution in [3.8, 4) is 0 Å². The maximum Gasteiger partial charge on any atom is 0.148 e. The molecule has 1 aromatic rings. The second-order valence-electron chi connectivity index (χ2n) is 5.69. The van der Waals surface area contributed by atoms with Gasteiger partial charge in [-0.15, -0.1) is 12.4 Å². The third kappa shape index (κ3) is 4.70. The molecule has 1 saturated heterocycles. The third-order valence-corrected chi connectivity index (χ3v) is 4.32. The molecule has 2 rings (SSSR count). The normalized spacial score (nSPS) is 17.6. The number of nitrogens with one attached hydrogen (secondary N) is 1. The lowest BCUT2D eigenvalue weighted by molar-refractivity contribution is 0.151. The van der Waals surface area contributed by atoms with Crippen LogP contribution in [0.3, 0.4) is 0 Å². The van der Waals surface area contributed by atoms with E-state index in [9.17, 15) is 4.39 Å². The number of piperazine rings is 1. The van der Waals surface area contributed by atoms with Crippen molar-refractivity contribution in [1.29, 1.82) is 0 Å². The Balaban J connectivity index is 0.00000220. The van der Waals surface area contributed by atoms with E-state index in [0.717, 1.165) is 32.6 Å². The standard InChI is InChI=1S/C15H21Cl2FN2.ClH/c1-10(2)9-13(20-7-5-19-6-8-20)14-11(16)3-4-12(17)15(14)18;/h3-4,10,13,19H,5-9H2,1-2H3;1H/t13-;/m1./s1. The first-order valence-electron chi connectivity index (χ1n) is 7.09. The minimum absolute atomic E-state index is 0. The van der Waals surface area contributed by atoms with Crippen LogP contribution in [0.15, 0.2) is 12.1 Å². The molecule has 0 unspecified atom stereocenters. The van der Waals surface area contributed by atoms with Gasteiger partial charge in [-0.3, -0.25) is 4.90 Å². The monoisotopic (exact) mass is 354 g/mol. The summed E-state index contributed by atoms with van der Waals surface area (Å²) in [6.07, 6.45) is 0.872. The highest BCUT2D eigenvalue weighted by molar-refractivity contribution is 6.33. The number of nitrogens with zero attached hydrogens (tertiary/aromatic N) is 1. The summed E-state index contributed by atoms with van der Waals surface area (Å²) in [6, 6.07) is 3.20. The van der Waals surface area contributed by atoms with Crippen LogP contribution in [0.4, 0.5) is 4.39 Å². The molecule has 0 amide bonds. The maximum absolute atomic E-state index is 14.5. The maximum atomic E-state index is 14.5. The lowest BCUT2D eigenvalue weighted by atomic mass is 9.94. The quantitative estimate of drug-likeness (QED) is 0.797. The van der Waals surface area contributed by atoms with Gasteiger partial charge in [0.05, 0.1) is 5.02 Å². The van der Waals surface area contributed by atoms with E-state index < -0.39 is 0 Å². The van der Waals surface area contributed by atoms with E-state index >= 15 is 0 Å². The van der Waals surface area contributed by atoms with Gasteiger partial charge in [0.15, 0.2) is 0 Å². The van der Waals surface area contributed by atoms with E-state index in [0.29, 0.717) is 16.5 Å². The summed E-state index contributed by atoms with van der Waals surface area (Å²) in [5.74, 6) is 0.0904. The Morgan fingerprint density at radius 3 is 2.33 bits per heavy atom. The SMILES string of the molecule is CC(C)C[C@H](c1c(Cl)ccc(Cl)c1F)N1CCNCC1.Cl. The molecule has 2 nitrogen and oxygen atoms in total. The Bertz CT molecular complexity index is 462. The Hall–Kier alpha value is -0.0600. The van der Waals surface area contributed by atoms with Crippen LogP contribution in [0, 0.1) is 11.7 Å². The van der Waals surface area contributed by atoms with Crippen LogP contribution in [0.5, 0.6) is 0 Å². The molecule has 120 valence electrons. The molecule has 0 bridgehead atoms. The summed E-state index contributed by atoms with van der Waals surface area (Å²) in [4.78, 5) is 2.30. The van der Waals surface area contributed by atoms with Crippen molar-refractivity contribution in [2.45, 2.75) is 26.3 Å². The van der Waals surface area contributed by atoms with Gasteiger partial charge in [-0.25, -0.2) is 4.39 Å². The smallest absolute Gasteiger partial charge is 0.148 e. The first kappa shape index (κ1) is 19.0. The van der Waals surface area contributed by atoms with Crippen molar-refractivity contribution in [3.63, 3.8) is 0 Å². The topological polar surface area (TPSA) is 15.3 Å². The van der Waals surface area contributed by atoms with E-state index in [1.54, 1.807) is 6.07 Å². The number of halogens is 4. The van der Waals surface area contributed by atoms with Gasteiger partial charge in [0, 0.05) is 42.8 Å². The van der Waals surface area contributed by atoms with Crippen molar-refractivity contribution in [3.05, 3.63) is 33.6 Å². The van der Waals surface area contributed by atoms with E-state index in [1.807, 2.05) is 0 Å². The zero-order chi connectivity index (χ0) is 14.7. The molecule has 1 fully saturated rings. The second-order valence-corrected chi connectivity index (χ2v) is 6.50. The number of rotatable bonds is 4. The Kier molecular flexibility index (Phi) is 7.72. The summed E-state index contributed by atoms with van der Waals surface area (Å²) in [6.45, 7) is 7.94. The molecule has 1 aromatic carbocycles. The molecule has 0 spiro atoms. The molecule has 6 heteroatoms. The predicted molar refractivity (Wildman–Crippen MR) is 90.3 cm³/mol. The van der Waals surface area contributed by atoms with Gasteiger partial charge in [-0.2, -0.15) is 0 Å². The molecule has 1 N–H and O–H groups in total. The first-order valence-corrected chi connectivity index (χ1v) is 7.84. The molecule has 1 atom stereocenters. The highest BCUT2D eigenvalue weighted by atomic mass is 35.5. The fourth-order valence-electron chi connectivity index (χ4n) is 2.74. The molecule has 21 heavy (non-hydrogen) atoms. The lowest BCUT2D eigenvalue weighted by Gasteiger charge is -2.36. The van der Waals surface area contributed by atoms with Crippen LogP contribution in [0.1, 0.15) is 31.9 Å². The number of benzene rings is 1. The zero-order valence-corrected chi connectivity index (χ0v) is 14.7. The Morgan fingerprint density at radius 2 is 1.76 bits per heavy atom. The molecule has 1 aliphatic rings.